The summed E-state index contributed by atoms with van der Waals surface area (Å²) in [5, 5.41) is 3.98. The summed E-state index contributed by atoms with van der Waals surface area (Å²) in [5.74, 6) is 0.203. The van der Waals surface area contributed by atoms with Crippen LogP contribution in [0.5, 0.6) is 5.75 Å². The minimum absolute atomic E-state index is 0.128. The molecule has 1 saturated carbocycles. The van der Waals surface area contributed by atoms with Gasteiger partial charge in [0.2, 0.25) is 5.91 Å². The van der Waals surface area contributed by atoms with Crippen LogP contribution in [-0.4, -0.2) is 35.4 Å². The van der Waals surface area contributed by atoms with Crippen LogP contribution < -0.4 is 10.1 Å². The second kappa shape index (κ2) is 12.1. The Morgan fingerprint density at radius 3 is 2.52 bits per heavy atom. The first-order valence-corrected chi connectivity index (χ1v) is 12.8. The van der Waals surface area contributed by atoms with E-state index in [1.165, 1.54) is 0 Å². The van der Waals surface area contributed by atoms with E-state index in [2.05, 4.69) is 21.2 Å². The highest BCUT2D eigenvalue weighted by Gasteiger charge is 2.31. The van der Waals surface area contributed by atoms with E-state index in [4.69, 9.17) is 27.9 Å². The average Bonchev–Trinajstić information content (AvgIpc) is 3.29. The number of aryl methyl sites for hydroxylation is 1. The molecule has 2 amide bonds. The fourth-order valence-corrected chi connectivity index (χ4v) is 4.62. The lowest BCUT2D eigenvalue weighted by Gasteiger charge is -2.31. The molecule has 0 aliphatic heterocycles. The number of carbonyl (C=O) groups is 2. The van der Waals surface area contributed by atoms with Gasteiger partial charge in [-0.1, -0.05) is 65.0 Å². The van der Waals surface area contributed by atoms with Crippen molar-refractivity contribution in [3.63, 3.8) is 0 Å². The van der Waals surface area contributed by atoms with Crippen molar-refractivity contribution in [2.24, 2.45) is 0 Å². The lowest BCUT2D eigenvalue weighted by Crippen LogP contribution is -2.52. The number of halogens is 3. The maximum atomic E-state index is 13.3. The molecule has 1 aliphatic carbocycles. The van der Waals surface area contributed by atoms with Gasteiger partial charge >= 0.3 is 0 Å². The number of nitrogens with zero attached hydrogens (tertiary/aromatic N) is 1. The summed E-state index contributed by atoms with van der Waals surface area (Å²) in [7, 11) is 0. The van der Waals surface area contributed by atoms with Gasteiger partial charge in [-0.15, -0.1) is 0 Å². The van der Waals surface area contributed by atoms with Crippen LogP contribution >= 0.6 is 39.1 Å². The second-order valence-electron chi connectivity index (χ2n) is 8.38. The molecule has 0 aromatic heterocycles. The van der Waals surface area contributed by atoms with Crippen LogP contribution in [0.15, 0.2) is 40.9 Å². The summed E-state index contributed by atoms with van der Waals surface area (Å²) in [6.07, 6.45) is 4.69. The van der Waals surface area contributed by atoms with E-state index in [0.29, 0.717) is 22.2 Å². The third kappa shape index (κ3) is 7.11. The highest BCUT2D eigenvalue weighted by molar-refractivity contribution is 9.10. The van der Waals surface area contributed by atoms with Gasteiger partial charge in [0.05, 0.1) is 10.0 Å². The summed E-state index contributed by atoms with van der Waals surface area (Å²) >= 11 is 15.7. The zero-order valence-corrected chi connectivity index (χ0v) is 22.0. The standard InChI is InChI=1S/C25H29BrCl2N2O3/c1-3-23(25(32)29-18-6-4-5-7-18)30(14-17-8-11-21(27)22(28)13-17)24(31)15-33-19-9-10-20(26)16(2)12-19/h8-13,18,23H,3-7,14-15H2,1-2H3,(H,29,32). The van der Waals surface area contributed by atoms with Crippen molar-refractivity contribution < 1.29 is 14.3 Å². The molecular formula is C25H29BrCl2N2O3. The van der Waals surface area contributed by atoms with E-state index < -0.39 is 6.04 Å². The van der Waals surface area contributed by atoms with Crippen molar-refractivity contribution >= 4 is 50.9 Å². The summed E-state index contributed by atoms with van der Waals surface area (Å²) in [5.41, 5.74) is 1.80. The molecule has 0 radical (unpaired) electrons. The van der Waals surface area contributed by atoms with E-state index in [9.17, 15) is 9.59 Å². The third-order valence-corrected chi connectivity index (χ3v) is 7.54. The largest absolute Gasteiger partial charge is 0.484 e. The van der Waals surface area contributed by atoms with E-state index in [-0.39, 0.29) is 31.0 Å². The molecule has 1 atom stereocenters. The number of nitrogens with one attached hydrogen (secondary N) is 1. The molecule has 1 N–H and O–H groups in total. The normalized spacial score (nSPS) is 14.7. The lowest BCUT2D eigenvalue weighted by molar-refractivity contribution is -0.143. The molecule has 1 aliphatic rings. The number of carbonyl (C=O) groups excluding carboxylic acids is 2. The molecule has 0 spiro atoms. The Kier molecular flexibility index (Phi) is 9.47. The molecule has 8 heteroatoms. The fraction of sp³-hybridized carbons (Fsp3) is 0.440. The van der Waals surface area contributed by atoms with Gasteiger partial charge in [-0.2, -0.15) is 0 Å². The first-order chi connectivity index (χ1) is 15.8. The Labute approximate surface area is 213 Å². The van der Waals surface area contributed by atoms with Crippen LogP contribution in [0.1, 0.15) is 50.2 Å². The van der Waals surface area contributed by atoms with Crippen molar-refractivity contribution in [2.75, 3.05) is 6.61 Å². The number of benzene rings is 2. The Balaban J connectivity index is 1.78. The molecule has 1 fully saturated rings. The van der Waals surface area contributed by atoms with Gasteiger partial charge < -0.3 is 15.0 Å². The predicted molar refractivity (Wildman–Crippen MR) is 136 cm³/mol. The molecule has 0 bridgehead atoms. The summed E-state index contributed by atoms with van der Waals surface area (Å²) < 4.78 is 6.75. The van der Waals surface area contributed by atoms with Gasteiger partial charge in [-0.3, -0.25) is 9.59 Å². The van der Waals surface area contributed by atoms with Crippen molar-refractivity contribution in [1.82, 2.24) is 10.2 Å². The zero-order chi connectivity index (χ0) is 24.0. The number of hydrogen-bond donors (Lipinski definition) is 1. The highest BCUT2D eigenvalue weighted by Crippen LogP contribution is 2.25. The van der Waals surface area contributed by atoms with Crippen LogP contribution in [0.4, 0.5) is 0 Å². The fourth-order valence-electron chi connectivity index (χ4n) is 4.06. The van der Waals surface area contributed by atoms with Gasteiger partial charge in [-0.05, 0) is 67.6 Å². The van der Waals surface area contributed by atoms with Gasteiger partial charge in [0.15, 0.2) is 6.61 Å². The van der Waals surface area contributed by atoms with Crippen LogP contribution in [-0.2, 0) is 16.1 Å². The highest BCUT2D eigenvalue weighted by atomic mass is 79.9. The van der Waals surface area contributed by atoms with Gasteiger partial charge in [0.1, 0.15) is 11.8 Å². The van der Waals surface area contributed by atoms with Crippen molar-refractivity contribution in [1.29, 1.82) is 0 Å². The quantitative estimate of drug-likeness (QED) is 0.394. The Bertz CT molecular complexity index is 996. The monoisotopic (exact) mass is 554 g/mol. The maximum Gasteiger partial charge on any atom is 0.261 e. The Morgan fingerprint density at radius 1 is 1.15 bits per heavy atom. The van der Waals surface area contributed by atoms with Crippen molar-refractivity contribution in [2.45, 2.75) is 64.6 Å². The van der Waals surface area contributed by atoms with Crippen molar-refractivity contribution in [3.05, 3.63) is 62.0 Å². The molecule has 0 heterocycles. The summed E-state index contributed by atoms with van der Waals surface area (Å²) in [6, 6.07) is 10.4. The maximum absolute atomic E-state index is 13.3. The van der Waals surface area contributed by atoms with Crippen LogP contribution in [0.3, 0.4) is 0 Å². The molecule has 1 unspecified atom stereocenters. The third-order valence-electron chi connectivity index (χ3n) is 5.92. The molecule has 178 valence electrons. The number of hydrogen-bond acceptors (Lipinski definition) is 3. The molecule has 3 rings (SSSR count). The van der Waals surface area contributed by atoms with Gasteiger partial charge in [0.25, 0.3) is 5.91 Å². The number of amides is 2. The van der Waals surface area contributed by atoms with E-state index in [1.54, 1.807) is 23.1 Å². The molecule has 2 aromatic rings. The molecule has 5 nitrogen and oxygen atoms in total. The van der Waals surface area contributed by atoms with Crippen LogP contribution in [0, 0.1) is 6.92 Å². The second-order valence-corrected chi connectivity index (χ2v) is 10.1. The molecule has 33 heavy (non-hydrogen) atoms. The lowest BCUT2D eigenvalue weighted by atomic mass is 10.1. The smallest absolute Gasteiger partial charge is 0.261 e. The van der Waals surface area contributed by atoms with E-state index in [0.717, 1.165) is 41.3 Å². The van der Waals surface area contributed by atoms with Crippen LogP contribution in [0.25, 0.3) is 0 Å². The first-order valence-electron chi connectivity index (χ1n) is 11.2. The number of ether oxygens (including phenoxy) is 1. The van der Waals surface area contributed by atoms with Crippen molar-refractivity contribution in [3.8, 4) is 5.75 Å². The predicted octanol–water partition coefficient (Wildman–Crippen LogP) is 6.31. The van der Waals surface area contributed by atoms with E-state index >= 15 is 0 Å². The zero-order valence-electron chi connectivity index (χ0n) is 18.9. The van der Waals surface area contributed by atoms with Crippen LogP contribution in [0.2, 0.25) is 10.0 Å². The Morgan fingerprint density at radius 2 is 1.88 bits per heavy atom. The summed E-state index contributed by atoms with van der Waals surface area (Å²) in [4.78, 5) is 28.0. The minimum Gasteiger partial charge on any atom is -0.484 e. The molecular weight excluding hydrogens is 527 g/mol. The first kappa shape index (κ1) is 25.9. The number of rotatable bonds is 9. The Hall–Kier alpha value is -1.76. The van der Waals surface area contributed by atoms with E-state index in [1.807, 2.05) is 32.0 Å². The topological polar surface area (TPSA) is 58.6 Å². The SMILES string of the molecule is CCC(C(=O)NC1CCCC1)N(Cc1ccc(Cl)c(Cl)c1)C(=O)COc1ccc(Br)c(C)c1. The average molecular weight is 556 g/mol. The van der Waals surface area contributed by atoms with Gasteiger partial charge in [0, 0.05) is 17.1 Å². The minimum atomic E-state index is -0.609. The molecule has 2 aromatic carbocycles. The van der Waals surface area contributed by atoms with Gasteiger partial charge in [-0.25, -0.2) is 0 Å². The summed E-state index contributed by atoms with van der Waals surface area (Å²) in [6.45, 7) is 3.92. The molecule has 0 saturated heterocycles.